The molecule has 1 N–H and O–H groups in total. The number of fused-ring (bicyclic) bond motifs is 4. The third-order valence-electron chi connectivity index (χ3n) is 11.9. The topological polar surface area (TPSA) is 171 Å². The molecule has 1 unspecified atom stereocenters. The van der Waals surface area contributed by atoms with Gasteiger partial charge < -0.3 is 23.7 Å². The molecule has 15 nitrogen and oxygen atoms in total. The van der Waals surface area contributed by atoms with Gasteiger partial charge in [0, 0.05) is 92.1 Å². The number of anilines is 1. The molecule has 0 spiro atoms. The molecule has 4 aromatic heterocycles. The Balaban J connectivity index is 0.666. The van der Waals surface area contributed by atoms with Crippen LogP contribution in [0.4, 0.5) is 5.82 Å². The van der Waals surface area contributed by atoms with Crippen molar-refractivity contribution in [3.05, 3.63) is 102 Å². The summed E-state index contributed by atoms with van der Waals surface area (Å²) in [5.74, 6) is 5.73. The van der Waals surface area contributed by atoms with Crippen molar-refractivity contribution in [2.45, 2.75) is 62.9 Å². The van der Waals surface area contributed by atoms with Gasteiger partial charge in [0.25, 0.3) is 11.8 Å². The number of ether oxygens (including phenoxy) is 3. The highest BCUT2D eigenvalue weighted by molar-refractivity contribution is 6.23. The minimum atomic E-state index is -1.03. The minimum Gasteiger partial charge on any atom is -0.481 e. The lowest BCUT2D eigenvalue weighted by Crippen LogP contribution is -2.54. The number of benzene rings is 2. The minimum absolute atomic E-state index is 0.00740. The summed E-state index contributed by atoms with van der Waals surface area (Å²) in [6, 6.07) is 17.9. The van der Waals surface area contributed by atoms with E-state index in [0.717, 1.165) is 77.0 Å². The van der Waals surface area contributed by atoms with Gasteiger partial charge >= 0.3 is 0 Å². The van der Waals surface area contributed by atoms with E-state index in [1.807, 2.05) is 36.8 Å². The zero-order valence-electron chi connectivity index (χ0n) is 33.2. The lowest BCUT2D eigenvalue weighted by molar-refractivity contribution is -0.136. The molecule has 7 heterocycles. The second-order valence-electron chi connectivity index (χ2n) is 15.7. The third kappa shape index (κ3) is 7.40. The van der Waals surface area contributed by atoms with Gasteiger partial charge in [-0.05, 0) is 73.2 Å². The van der Waals surface area contributed by atoms with Gasteiger partial charge in [-0.25, -0.2) is 15.0 Å². The van der Waals surface area contributed by atoms with Crippen molar-refractivity contribution in [2.75, 3.05) is 24.6 Å². The molecule has 306 valence electrons. The van der Waals surface area contributed by atoms with E-state index in [-0.39, 0.29) is 48.9 Å². The molecule has 6 aromatic rings. The second kappa shape index (κ2) is 15.8. The van der Waals surface area contributed by atoms with Gasteiger partial charge in [0.05, 0.1) is 28.9 Å². The van der Waals surface area contributed by atoms with E-state index in [1.165, 1.54) is 17.5 Å². The van der Waals surface area contributed by atoms with E-state index >= 15 is 0 Å². The average molecular weight is 817 g/mol. The van der Waals surface area contributed by atoms with Crippen LogP contribution in [0.2, 0.25) is 0 Å². The van der Waals surface area contributed by atoms with Gasteiger partial charge in [-0.1, -0.05) is 18.1 Å². The fraction of sp³-hybridized carbons (Fsp3) is 0.304. The number of piperidine rings is 2. The molecule has 1 aliphatic carbocycles. The van der Waals surface area contributed by atoms with Crippen molar-refractivity contribution < 1.29 is 33.4 Å². The van der Waals surface area contributed by atoms with E-state index in [4.69, 9.17) is 14.2 Å². The first-order valence-corrected chi connectivity index (χ1v) is 20.4. The zero-order valence-corrected chi connectivity index (χ0v) is 33.2. The first kappa shape index (κ1) is 38.0. The Morgan fingerprint density at radius 2 is 1.62 bits per heavy atom. The number of imide groups is 2. The Morgan fingerprint density at radius 1 is 0.787 bits per heavy atom. The summed E-state index contributed by atoms with van der Waals surface area (Å²) >= 11 is 0. The van der Waals surface area contributed by atoms with E-state index < -0.39 is 29.7 Å². The number of amides is 4. The van der Waals surface area contributed by atoms with E-state index in [1.54, 1.807) is 12.3 Å². The first-order valence-electron chi connectivity index (χ1n) is 20.4. The van der Waals surface area contributed by atoms with Crippen molar-refractivity contribution in [3.63, 3.8) is 0 Å². The quantitative estimate of drug-likeness (QED) is 0.153. The SMILES string of the molecule is Cn1c2ccncc2c2ccc(-c3ccc(O[C@H]4C[C@H](OC5CCN(c6ccnc(C#CCOc7ccc8c(c7)C(=O)N(C7CCC(=O)NC7=O)C8=O)n6)CC5)C4)nc3)cc21. The van der Waals surface area contributed by atoms with Crippen LogP contribution in [0.15, 0.2) is 85.5 Å². The van der Waals surface area contributed by atoms with Crippen LogP contribution in [0.25, 0.3) is 32.9 Å². The fourth-order valence-corrected chi connectivity index (χ4v) is 8.60. The second-order valence-corrected chi connectivity index (χ2v) is 15.7. The number of hydrogen-bond acceptors (Lipinski definition) is 12. The smallest absolute Gasteiger partial charge is 0.262 e. The average Bonchev–Trinajstić information content (AvgIpc) is 3.69. The highest BCUT2D eigenvalue weighted by Gasteiger charge is 2.44. The number of nitrogens with zero attached hydrogens (tertiary/aromatic N) is 7. The van der Waals surface area contributed by atoms with Crippen LogP contribution < -0.4 is 19.7 Å². The van der Waals surface area contributed by atoms with E-state index in [0.29, 0.717) is 17.5 Å². The standard InChI is InChI=1S/C46H40N8O7/c1-52-37-12-16-47-26-36(37)33-7-4-27(21-39(33)52)28-5-11-43(49-25-28)61-32-22-31(23-32)60-29-14-18-53(19-15-29)41-13-17-48-40(50-41)3-2-20-59-30-6-8-34-35(24-30)46(58)54(45(34)57)38-9-10-42(55)51-44(38)56/h4-8,11-13,16-17,21,24-26,29,31-32,38H,9-10,14-15,18-20,22-23H2,1H3,(H,51,55,56)/t31-,32-,38?. The fourth-order valence-electron chi connectivity index (χ4n) is 8.60. The van der Waals surface area contributed by atoms with E-state index in [2.05, 4.69) is 77.9 Å². The van der Waals surface area contributed by atoms with Crippen LogP contribution in [0, 0.1) is 11.8 Å². The summed E-state index contributed by atoms with van der Waals surface area (Å²) in [5.41, 5.74) is 4.76. The maximum absolute atomic E-state index is 13.1. The Kier molecular flexibility index (Phi) is 9.84. The molecule has 61 heavy (non-hydrogen) atoms. The Hall–Kier alpha value is -7.18. The molecule has 4 amide bonds. The normalized spacial score (nSPS) is 20.3. The van der Waals surface area contributed by atoms with Gasteiger partial charge in [0.15, 0.2) is 0 Å². The largest absolute Gasteiger partial charge is 0.481 e. The summed E-state index contributed by atoms with van der Waals surface area (Å²) in [4.78, 5) is 71.0. The van der Waals surface area contributed by atoms with Crippen LogP contribution in [0.5, 0.6) is 11.6 Å². The molecular formula is C46H40N8O7. The summed E-state index contributed by atoms with van der Waals surface area (Å²) < 4.78 is 20.6. The molecule has 1 atom stereocenters. The predicted molar refractivity (Wildman–Crippen MR) is 223 cm³/mol. The van der Waals surface area contributed by atoms with Crippen LogP contribution in [-0.2, 0) is 21.4 Å². The highest BCUT2D eigenvalue weighted by Crippen LogP contribution is 2.34. The van der Waals surface area contributed by atoms with Crippen molar-refractivity contribution >= 4 is 51.3 Å². The summed E-state index contributed by atoms with van der Waals surface area (Å²) in [7, 11) is 2.08. The number of carbonyl (C=O) groups excluding carboxylic acids is 4. The third-order valence-corrected chi connectivity index (χ3v) is 11.9. The molecule has 15 heteroatoms. The first-order chi connectivity index (χ1) is 29.8. The molecule has 0 bridgehead atoms. The lowest BCUT2D eigenvalue weighted by Gasteiger charge is -2.39. The summed E-state index contributed by atoms with van der Waals surface area (Å²) in [6.45, 7) is 1.59. The monoisotopic (exact) mass is 816 g/mol. The Bertz CT molecular complexity index is 2800. The molecule has 2 aromatic carbocycles. The summed E-state index contributed by atoms with van der Waals surface area (Å²) in [6.07, 6.45) is 11.3. The molecule has 4 aliphatic rings. The molecule has 0 radical (unpaired) electrons. The number of hydrogen-bond donors (Lipinski definition) is 1. The Labute approximate surface area is 350 Å². The molecular weight excluding hydrogens is 777 g/mol. The number of rotatable bonds is 9. The van der Waals surface area contributed by atoms with Crippen molar-refractivity contribution in [3.8, 4) is 34.6 Å². The van der Waals surface area contributed by atoms with Crippen molar-refractivity contribution in [1.82, 2.24) is 34.7 Å². The number of carbonyl (C=O) groups is 4. The van der Waals surface area contributed by atoms with Gasteiger partial charge in [-0.15, -0.1) is 0 Å². The number of nitrogens with one attached hydrogen (secondary N) is 1. The van der Waals surface area contributed by atoms with Crippen LogP contribution in [-0.4, -0.2) is 97.1 Å². The van der Waals surface area contributed by atoms with Gasteiger partial charge in [0.2, 0.25) is 23.5 Å². The van der Waals surface area contributed by atoms with Crippen molar-refractivity contribution in [2.24, 2.45) is 7.05 Å². The predicted octanol–water partition coefficient (Wildman–Crippen LogP) is 5.01. The molecule has 3 fully saturated rings. The van der Waals surface area contributed by atoms with Gasteiger partial charge in [0.1, 0.15) is 30.3 Å². The van der Waals surface area contributed by atoms with Gasteiger partial charge in [-0.2, -0.15) is 0 Å². The molecule has 3 aliphatic heterocycles. The van der Waals surface area contributed by atoms with Crippen LogP contribution in [0.1, 0.15) is 65.1 Å². The summed E-state index contributed by atoms with van der Waals surface area (Å²) in [5, 5.41) is 4.53. The Morgan fingerprint density at radius 3 is 2.44 bits per heavy atom. The zero-order chi connectivity index (χ0) is 41.6. The lowest BCUT2D eigenvalue weighted by atomic mass is 9.91. The highest BCUT2D eigenvalue weighted by atomic mass is 16.5. The number of aryl methyl sites for hydroxylation is 1. The molecule has 10 rings (SSSR count). The number of pyridine rings is 2. The number of aromatic nitrogens is 5. The maximum Gasteiger partial charge on any atom is 0.262 e. The van der Waals surface area contributed by atoms with Gasteiger partial charge in [-0.3, -0.25) is 34.4 Å². The van der Waals surface area contributed by atoms with E-state index in [9.17, 15) is 19.2 Å². The van der Waals surface area contributed by atoms with Crippen molar-refractivity contribution in [1.29, 1.82) is 0 Å². The molecule has 2 saturated heterocycles. The molecule has 1 saturated carbocycles. The maximum atomic E-state index is 13.1. The van der Waals surface area contributed by atoms with Crippen LogP contribution >= 0.6 is 0 Å². The van der Waals surface area contributed by atoms with Crippen LogP contribution in [0.3, 0.4) is 0 Å².